The van der Waals surface area contributed by atoms with Crippen LogP contribution in [0.5, 0.6) is 0 Å². The van der Waals surface area contributed by atoms with Crippen LogP contribution < -0.4 is 9.80 Å². The second-order valence-electron chi connectivity index (χ2n) is 38.3. The number of nitrogens with zero attached hydrogens (tertiary/aromatic N) is 2. The molecule has 0 amide bonds. The zero-order valence-corrected chi connectivity index (χ0v) is 76.0. The molecule has 0 unspecified atom stereocenters. The number of benzene rings is 21. The van der Waals surface area contributed by atoms with Crippen LogP contribution >= 0.6 is 0 Å². The molecule has 0 heterocycles. The molecule has 27 rings (SSSR count). The van der Waals surface area contributed by atoms with Gasteiger partial charge in [0.05, 0.1) is 21.7 Å². The minimum absolute atomic E-state index is 0.0682. The van der Waals surface area contributed by atoms with Crippen molar-refractivity contribution in [2.75, 3.05) is 9.80 Å². The molecular weight excluding hydrogens is 1640 g/mol. The van der Waals surface area contributed by atoms with Crippen LogP contribution in [0.1, 0.15) is 115 Å². The van der Waals surface area contributed by atoms with Crippen LogP contribution in [-0.4, -0.2) is 0 Å². The van der Waals surface area contributed by atoms with E-state index in [0.717, 1.165) is 34.1 Å². The van der Waals surface area contributed by atoms with Gasteiger partial charge in [0, 0.05) is 34.1 Å². The molecule has 21 aromatic carbocycles. The standard InChI is InChI=1S/C68H45N.C66H49N/c1-3-18-46(19-4-1)48-34-39-52(40-35-48)69(54-23-17-22-50(44-54)47-20-5-2-6-21-47)53-41-36-49(37-42-53)51-38-43-62-58(45-51)57-26-9-12-29-61(57)68(62)65-32-15-13-30-63(65)67(64-31-14-16-33-66(64)68)59-27-10-7-24-55(59)56-25-8-11-28-60(56)67;1-64(2,3)48-34-40-51(41-35-48)67(49-36-29-45(30-37-49)44-17-5-4-6-18-44)50-38-31-46(32-39-50)47-33-42-59-55(43-47)54-21-9-12-24-58(54)66(59)62-27-15-13-25-60(62)65(61-26-14-16-28-63(61)66)56-22-10-7-19-52(56)53-20-8-11-23-57(53)65/h1-45H;4-43H,1-3H3. The van der Waals surface area contributed by atoms with Crippen LogP contribution in [0.25, 0.3) is 100 Å². The predicted molar refractivity (Wildman–Crippen MR) is 564 cm³/mol. The Morgan fingerprint density at radius 2 is 0.316 bits per heavy atom. The van der Waals surface area contributed by atoms with E-state index in [1.165, 1.54) is 195 Å². The highest BCUT2D eigenvalue weighted by Gasteiger charge is 2.61. The average molecular weight is 1730 g/mol. The molecule has 0 aliphatic heterocycles. The van der Waals surface area contributed by atoms with Crippen molar-refractivity contribution in [3.05, 3.63) is 610 Å². The van der Waals surface area contributed by atoms with Gasteiger partial charge in [-0.15, -0.1) is 0 Å². The van der Waals surface area contributed by atoms with E-state index in [9.17, 15) is 0 Å². The van der Waals surface area contributed by atoms with Crippen molar-refractivity contribution >= 4 is 34.1 Å². The molecule has 2 heteroatoms. The monoisotopic (exact) mass is 1730 g/mol. The Balaban J connectivity index is 0.000000141. The number of hydrogen-bond acceptors (Lipinski definition) is 2. The summed E-state index contributed by atoms with van der Waals surface area (Å²) in [6, 6.07) is 193. The van der Waals surface area contributed by atoms with Gasteiger partial charge in [0.25, 0.3) is 0 Å². The zero-order chi connectivity index (χ0) is 90.4. The van der Waals surface area contributed by atoms with Gasteiger partial charge in [-0.2, -0.15) is 0 Å². The largest absolute Gasteiger partial charge is 0.311 e. The fraction of sp³-hybridized carbons (Fsp3) is 0.0597. The van der Waals surface area contributed by atoms with Crippen molar-refractivity contribution in [2.45, 2.75) is 47.8 Å². The Labute approximate surface area is 796 Å². The Bertz CT molecular complexity index is 8090. The average Bonchev–Trinajstić information content (AvgIpc) is 1.47. The molecular formula is C134H94N2. The topological polar surface area (TPSA) is 6.48 Å². The Morgan fingerprint density at radius 3 is 0.588 bits per heavy atom. The second kappa shape index (κ2) is 31.5. The van der Waals surface area contributed by atoms with Crippen molar-refractivity contribution < 1.29 is 0 Å². The molecule has 136 heavy (non-hydrogen) atoms. The van der Waals surface area contributed by atoms with Crippen molar-refractivity contribution in [1.82, 2.24) is 0 Å². The third-order valence-corrected chi connectivity index (χ3v) is 30.5. The maximum Gasteiger partial charge on any atom is 0.0720 e. The van der Waals surface area contributed by atoms with Gasteiger partial charge in [0.1, 0.15) is 0 Å². The summed E-state index contributed by atoms with van der Waals surface area (Å²) in [5, 5.41) is 0. The van der Waals surface area contributed by atoms with Gasteiger partial charge in [0.15, 0.2) is 0 Å². The van der Waals surface area contributed by atoms with Gasteiger partial charge in [-0.05, 0) is 285 Å². The highest BCUT2D eigenvalue weighted by molar-refractivity contribution is 5.99. The fourth-order valence-electron chi connectivity index (χ4n) is 24.8. The second-order valence-corrected chi connectivity index (χ2v) is 38.3. The highest BCUT2D eigenvalue weighted by Crippen LogP contribution is 2.70. The third-order valence-electron chi connectivity index (χ3n) is 30.5. The van der Waals surface area contributed by atoms with Crippen LogP contribution in [-0.2, 0) is 27.1 Å². The number of hydrogen-bond donors (Lipinski definition) is 0. The molecule has 0 bridgehead atoms. The van der Waals surface area contributed by atoms with Gasteiger partial charge in [-0.1, -0.05) is 451 Å². The minimum Gasteiger partial charge on any atom is -0.311 e. The molecule has 6 aliphatic carbocycles. The first-order valence-electron chi connectivity index (χ1n) is 47.8. The van der Waals surface area contributed by atoms with Gasteiger partial charge < -0.3 is 9.80 Å². The van der Waals surface area contributed by atoms with E-state index in [4.69, 9.17) is 0 Å². The van der Waals surface area contributed by atoms with Gasteiger partial charge in [-0.3, -0.25) is 0 Å². The molecule has 0 N–H and O–H groups in total. The van der Waals surface area contributed by atoms with Crippen molar-refractivity contribution in [2.24, 2.45) is 0 Å². The van der Waals surface area contributed by atoms with Crippen LogP contribution in [0.4, 0.5) is 34.1 Å². The van der Waals surface area contributed by atoms with E-state index in [1.54, 1.807) is 0 Å². The van der Waals surface area contributed by atoms with E-state index in [0.29, 0.717) is 0 Å². The number of rotatable bonds is 11. The van der Waals surface area contributed by atoms with Crippen LogP contribution in [0.15, 0.2) is 516 Å². The van der Waals surface area contributed by atoms with Gasteiger partial charge in [0.2, 0.25) is 0 Å². The summed E-state index contributed by atoms with van der Waals surface area (Å²) in [5.74, 6) is 0. The molecule has 640 valence electrons. The summed E-state index contributed by atoms with van der Waals surface area (Å²) in [5.41, 5.74) is 50.3. The molecule has 21 aromatic rings. The maximum absolute atomic E-state index is 2.46. The number of anilines is 6. The molecule has 0 saturated heterocycles. The van der Waals surface area contributed by atoms with Crippen LogP contribution in [0.3, 0.4) is 0 Å². The maximum atomic E-state index is 2.46. The Kier molecular flexibility index (Phi) is 18.5. The lowest BCUT2D eigenvalue weighted by molar-refractivity contribution is 0.590. The van der Waals surface area contributed by atoms with Gasteiger partial charge >= 0.3 is 0 Å². The molecule has 4 spiro atoms. The quantitative estimate of drug-likeness (QED) is 0.127. The normalized spacial score (nSPS) is 13.9. The van der Waals surface area contributed by atoms with E-state index < -0.39 is 21.7 Å². The molecule has 0 saturated carbocycles. The summed E-state index contributed by atoms with van der Waals surface area (Å²) in [7, 11) is 0. The third kappa shape index (κ3) is 11.9. The van der Waals surface area contributed by atoms with Crippen LogP contribution in [0, 0.1) is 0 Å². The lowest BCUT2D eigenvalue weighted by Crippen LogP contribution is -2.43. The first-order valence-corrected chi connectivity index (χ1v) is 47.8. The number of fused-ring (bicyclic) bond motifs is 32. The first-order chi connectivity index (χ1) is 67.1. The summed E-state index contributed by atoms with van der Waals surface area (Å²) in [4.78, 5) is 4.75. The first kappa shape index (κ1) is 80.1. The smallest absolute Gasteiger partial charge is 0.0720 e. The molecule has 0 radical (unpaired) electrons. The summed E-state index contributed by atoms with van der Waals surface area (Å²) >= 11 is 0. The van der Waals surface area contributed by atoms with Crippen molar-refractivity contribution in [3.63, 3.8) is 0 Å². The molecule has 6 aliphatic rings. The summed E-state index contributed by atoms with van der Waals surface area (Å²) in [6.45, 7) is 6.82. The zero-order valence-electron chi connectivity index (χ0n) is 76.0. The SMILES string of the molecule is CC(C)(C)c1ccc(N(c2ccc(-c3ccccc3)cc2)c2ccc(-c3ccc4c(c3)-c3ccccc3C43c4ccccc4C4(c5ccccc5-c5ccccc54)c4ccccc43)cc2)cc1.c1ccc(-c2ccc(N(c3ccc(-c4ccc5c(c4)-c4ccccc4C54c5ccccc5C5(c6ccccc6-c6ccccc65)c5ccccc54)cc3)c3cccc(-c4ccccc4)c3)cc2)cc1. The van der Waals surface area contributed by atoms with Gasteiger partial charge in [-0.25, -0.2) is 0 Å². The minimum atomic E-state index is -0.510. The molecule has 2 nitrogen and oxygen atoms in total. The van der Waals surface area contributed by atoms with Crippen molar-refractivity contribution in [3.8, 4) is 100 Å². The summed E-state index contributed by atoms with van der Waals surface area (Å²) in [6.07, 6.45) is 0. The molecule has 0 fully saturated rings. The van der Waals surface area contributed by atoms with Crippen LogP contribution in [0.2, 0.25) is 0 Å². The molecule has 0 atom stereocenters. The molecule has 0 aromatic heterocycles. The van der Waals surface area contributed by atoms with E-state index >= 15 is 0 Å². The highest BCUT2D eigenvalue weighted by atomic mass is 15.1. The lowest BCUT2D eigenvalue weighted by Gasteiger charge is -2.48. The Hall–Kier alpha value is -16.8. The predicted octanol–water partition coefficient (Wildman–Crippen LogP) is 34.0. The summed E-state index contributed by atoms with van der Waals surface area (Å²) < 4.78 is 0. The van der Waals surface area contributed by atoms with E-state index in [-0.39, 0.29) is 5.41 Å². The fourth-order valence-corrected chi connectivity index (χ4v) is 24.8. The van der Waals surface area contributed by atoms with E-state index in [1.807, 2.05) is 0 Å². The Morgan fingerprint density at radius 1 is 0.132 bits per heavy atom. The van der Waals surface area contributed by atoms with E-state index in [2.05, 4.69) is 546 Å². The van der Waals surface area contributed by atoms with Crippen molar-refractivity contribution in [1.29, 1.82) is 0 Å². The lowest BCUT2D eigenvalue weighted by atomic mass is 9.52.